The Balaban J connectivity index is 1.63. The number of fused-ring (bicyclic) bond motifs is 1. The molecule has 0 bridgehead atoms. The molecule has 1 heterocycles. The van der Waals surface area contributed by atoms with Crippen LogP contribution in [0.25, 0.3) is 10.2 Å². The summed E-state index contributed by atoms with van der Waals surface area (Å²) in [5.74, 6) is 0.606. The predicted molar refractivity (Wildman–Crippen MR) is 119 cm³/mol. The highest BCUT2D eigenvalue weighted by molar-refractivity contribution is 7.93. The zero-order valence-electron chi connectivity index (χ0n) is 16.0. The van der Waals surface area contributed by atoms with Gasteiger partial charge in [0.05, 0.1) is 21.7 Å². The molecule has 0 spiro atoms. The Morgan fingerprint density at radius 3 is 2.27 bits per heavy atom. The first-order chi connectivity index (χ1) is 14.5. The van der Waals surface area contributed by atoms with Crippen molar-refractivity contribution in [3.8, 4) is 5.75 Å². The largest absolute Gasteiger partial charge is 0.491 e. The summed E-state index contributed by atoms with van der Waals surface area (Å²) in [5, 5.41) is 10.9. The molecule has 0 radical (unpaired) electrons. The van der Waals surface area contributed by atoms with Crippen molar-refractivity contribution in [3.63, 3.8) is 0 Å². The lowest BCUT2D eigenvalue weighted by atomic mass is 10.3. The van der Waals surface area contributed by atoms with E-state index in [1.165, 1.54) is 23.5 Å². The van der Waals surface area contributed by atoms with Gasteiger partial charge in [-0.05, 0) is 36.4 Å². The van der Waals surface area contributed by atoms with Gasteiger partial charge in [-0.1, -0.05) is 59.9 Å². The van der Waals surface area contributed by atoms with E-state index in [0.717, 1.165) is 9.01 Å². The van der Waals surface area contributed by atoms with Gasteiger partial charge in [-0.2, -0.15) is 0 Å². The zero-order valence-corrected chi connectivity index (χ0v) is 17.6. The molecule has 0 fully saturated rings. The molecule has 8 heteroatoms. The van der Waals surface area contributed by atoms with Gasteiger partial charge in [0, 0.05) is 0 Å². The van der Waals surface area contributed by atoms with E-state index in [9.17, 15) is 13.5 Å². The summed E-state index contributed by atoms with van der Waals surface area (Å²) in [6, 6.07) is 24.7. The van der Waals surface area contributed by atoms with Crippen LogP contribution >= 0.6 is 11.3 Å². The topological polar surface area (TPSA) is 79.7 Å². The summed E-state index contributed by atoms with van der Waals surface area (Å²) in [4.78, 5) is 4.63. The first-order valence-corrected chi connectivity index (χ1v) is 11.6. The first kappa shape index (κ1) is 20.3. The molecule has 1 atom stereocenters. The van der Waals surface area contributed by atoms with Gasteiger partial charge in [-0.3, -0.25) is 0 Å². The van der Waals surface area contributed by atoms with E-state index in [2.05, 4.69) is 4.98 Å². The third kappa shape index (κ3) is 4.46. The summed E-state index contributed by atoms with van der Waals surface area (Å²) < 4.78 is 34.3. The van der Waals surface area contributed by atoms with Crippen LogP contribution in [0.1, 0.15) is 0 Å². The molecule has 1 unspecified atom stereocenters. The van der Waals surface area contributed by atoms with Crippen molar-refractivity contribution in [3.05, 3.63) is 84.9 Å². The monoisotopic (exact) mass is 440 g/mol. The van der Waals surface area contributed by atoms with E-state index in [4.69, 9.17) is 4.74 Å². The SMILES string of the molecule is O=S(=O)(c1ccccc1)N(CC(O)COc1ccccc1)c1nc2ccccc2s1. The van der Waals surface area contributed by atoms with Gasteiger partial charge >= 0.3 is 0 Å². The molecule has 30 heavy (non-hydrogen) atoms. The molecular formula is C22H20N2O4S2. The molecule has 0 aliphatic rings. The van der Waals surface area contributed by atoms with Crippen LogP contribution in [-0.4, -0.2) is 37.8 Å². The van der Waals surface area contributed by atoms with Gasteiger partial charge in [-0.15, -0.1) is 0 Å². The molecule has 1 aromatic heterocycles. The first-order valence-electron chi connectivity index (χ1n) is 9.33. The van der Waals surface area contributed by atoms with Gasteiger partial charge in [0.2, 0.25) is 5.13 Å². The van der Waals surface area contributed by atoms with Gasteiger partial charge in [0.15, 0.2) is 0 Å². The van der Waals surface area contributed by atoms with Crippen LogP contribution < -0.4 is 9.04 Å². The highest BCUT2D eigenvalue weighted by atomic mass is 32.2. The Bertz CT molecular complexity index is 1180. The number of aromatic nitrogens is 1. The van der Waals surface area contributed by atoms with Crippen molar-refractivity contribution in [2.24, 2.45) is 0 Å². The van der Waals surface area contributed by atoms with E-state index >= 15 is 0 Å². The highest BCUT2D eigenvalue weighted by Gasteiger charge is 2.29. The molecule has 0 saturated carbocycles. The predicted octanol–water partition coefficient (Wildman–Crippen LogP) is 3.93. The van der Waals surface area contributed by atoms with Crippen molar-refractivity contribution in [2.75, 3.05) is 17.5 Å². The Morgan fingerprint density at radius 2 is 1.57 bits per heavy atom. The second-order valence-corrected chi connectivity index (χ2v) is 9.46. The highest BCUT2D eigenvalue weighted by Crippen LogP contribution is 2.32. The molecule has 1 N–H and O–H groups in total. The summed E-state index contributed by atoms with van der Waals surface area (Å²) in [7, 11) is -3.91. The van der Waals surface area contributed by atoms with E-state index in [1.54, 1.807) is 30.3 Å². The third-order valence-electron chi connectivity index (χ3n) is 4.39. The Morgan fingerprint density at radius 1 is 0.933 bits per heavy atom. The minimum atomic E-state index is -3.91. The third-order valence-corrected chi connectivity index (χ3v) is 7.33. The number of anilines is 1. The van der Waals surface area contributed by atoms with Crippen molar-refractivity contribution < 1.29 is 18.3 Å². The number of para-hydroxylation sites is 2. The Hall–Kier alpha value is -2.94. The van der Waals surface area contributed by atoms with Crippen LogP contribution in [0.2, 0.25) is 0 Å². The minimum Gasteiger partial charge on any atom is -0.491 e. The number of aliphatic hydroxyl groups is 1. The van der Waals surface area contributed by atoms with Crippen molar-refractivity contribution in [1.82, 2.24) is 4.98 Å². The molecular weight excluding hydrogens is 420 g/mol. The standard InChI is InChI=1S/C22H20N2O4S2/c25-17(16-28-18-9-3-1-4-10-18)15-24(30(26,27)19-11-5-2-6-12-19)22-23-20-13-7-8-14-21(20)29-22/h1-14,17,25H,15-16H2. The molecule has 0 amide bonds. The summed E-state index contributed by atoms with van der Waals surface area (Å²) in [5.41, 5.74) is 0.709. The molecule has 4 rings (SSSR count). The molecule has 0 aliphatic carbocycles. The van der Waals surface area contributed by atoms with Crippen LogP contribution in [0.15, 0.2) is 89.8 Å². The Labute approximate surface area is 179 Å². The zero-order chi connectivity index (χ0) is 21.0. The van der Waals surface area contributed by atoms with Crippen molar-refractivity contribution in [1.29, 1.82) is 0 Å². The number of hydrogen-bond acceptors (Lipinski definition) is 6. The maximum atomic E-state index is 13.4. The number of sulfonamides is 1. The van der Waals surface area contributed by atoms with E-state index in [0.29, 0.717) is 16.4 Å². The van der Waals surface area contributed by atoms with Gasteiger partial charge < -0.3 is 9.84 Å². The molecule has 4 aromatic rings. The molecule has 6 nitrogen and oxygen atoms in total. The van der Waals surface area contributed by atoms with Crippen LogP contribution in [0.3, 0.4) is 0 Å². The molecule has 3 aromatic carbocycles. The summed E-state index contributed by atoms with van der Waals surface area (Å²) >= 11 is 1.27. The van der Waals surface area contributed by atoms with Crippen LogP contribution in [0.5, 0.6) is 5.75 Å². The second-order valence-electron chi connectivity index (χ2n) is 6.59. The number of benzene rings is 3. The van der Waals surface area contributed by atoms with Crippen molar-refractivity contribution in [2.45, 2.75) is 11.0 Å². The van der Waals surface area contributed by atoms with Crippen LogP contribution in [-0.2, 0) is 10.0 Å². The number of thiazole rings is 1. The van der Waals surface area contributed by atoms with Crippen LogP contribution in [0, 0.1) is 0 Å². The van der Waals surface area contributed by atoms with E-state index in [1.807, 2.05) is 42.5 Å². The van der Waals surface area contributed by atoms with E-state index in [-0.39, 0.29) is 18.0 Å². The number of rotatable bonds is 8. The molecule has 0 aliphatic heterocycles. The molecule has 0 saturated heterocycles. The minimum absolute atomic E-state index is 0.0459. The number of ether oxygens (including phenoxy) is 1. The maximum absolute atomic E-state index is 13.4. The average Bonchev–Trinajstić information content (AvgIpc) is 3.21. The normalized spacial score (nSPS) is 12.6. The van der Waals surface area contributed by atoms with Crippen molar-refractivity contribution >= 4 is 36.7 Å². The summed E-state index contributed by atoms with van der Waals surface area (Å²) in [6.07, 6.45) is -1.05. The smallest absolute Gasteiger partial charge is 0.266 e. The quantitative estimate of drug-likeness (QED) is 0.449. The maximum Gasteiger partial charge on any atom is 0.266 e. The number of nitrogens with zero attached hydrogens (tertiary/aromatic N) is 2. The lowest BCUT2D eigenvalue weighted by molar-refractivity contribution is 0.115. The lowest BCUT2D eigenvalue weighted by Gasteiger charge is -2.24. The van der Waals surface area contributed by atoms with Crippen LogP contribution in [0.4, 0.5) is 5.13 Å². The fourth-order valence-corrected chi connectivity index (χ4v) is 5.58. The van der Waals surface area contributed by atoms with Gasteiger partial charge in [-0.25, -0.2) is 17.7 Å². The fourth-order valence-electron chi connectivity index (χ4n) is 2.92. The number of aliphatic hydroxyl groups excluding tert-OH is 1. The molecule has 154 valence electrons. The second kappa shape index (κ2) is 8.83. The lowest BCUT2D eigenvalue weighted by Crippen LogP contribution is -2.39. The Kier molecular flexibility index (Phi) is 5.98. The average molecular weight is 441 g/mol. The summed E-state index contributed by atoms with van der Waals surface area (Å²) in [6.45, 7) is -0.223. The van der Waals surface area contributed by atoms with E-state index < -0.39 is 16.1 Å². The number of hydrogen-bond donors (Lipinski definition) is 1. The van der Waals surface area contributed by atoms with Gasteiger partial charge in [0.1, 0.15) is 18.5 Å². The fraction of sp³-hybridized carbons (Fsp3) is 0.136. The van der Waals surface area contributed by atoms with Gasteiger partial charge in [0.25, 0.3) is 10.0 Å².